The minimum Gasteiger partial charge on any atom is -0.482 e. The number of benzene rings is 1. The molecule has 0 aromatic heterocycles. The first-order valence-corrected chi connectivity index (χ1v) is 9.19. The molecule has 0 N–H and O–H groups in total. The second kappa shape index (κ2) is 8.19. The van der Waals surface area contributed by atoms with Crippen molar-refractivity contribution in [2.75, 3.05) is 33.9 Å². The van der Waals surface area contributed by atoms with Crippen LogP contribution in [-0.2, 0) is 20.8 Å². The van der Waals surface area contributed by atoms with Crippen LogP contribution < -0.4 is 4.74 Å². The summed E-state index contributed by atoms with van der Waals surface area (Å²) in [5, 5.41) is 0. The highest BCUT2D eigenvalue weighted by atomic mass is 16.6. The molecule has 0 unspecified atom stereocenters. The zero-order chi connectivity index (χ0) is 17.7. The number of ether oxygens (including phenoxy) is 3. The van der Waals surface area contributed by atoms with E-state index in [9.17, 15) is 4.79 Å². The summed E-state index contributed by atoms with van der Waals surface area (Å²) in [7, 11) is 3.22. The average molecular weight is 347 g/mol. The van der Waals surface area contributed by atoms with Gasteiger partial charge in [0.15, 0.2) is 6.61 Å². The van der Waals surface area contributed by atoms with Gasteiger partial charge >= 0.3 is 5.97 Å². The molecule has 3 rings (SSSR count). The number of rotatable bonds is 6. The zero-order valence-electron chi connectivity index (χ0n) is 15.3. The van der Waals surface area contributed by atoms with E-state index in [-0.39, 0.29) is 12.6 Å². The summed E-state index contributed by atoms with van der Waals surface area (Å²) in [5.41, 5.74) is 1.63. The fraction of sp³-hybridized carbons (Fsp3) is 0.650. The van der Waals surface area contributed by atoms with Gasteiger partial charge in [0.1, 0.15) is 5.75 Å². The Hall–Kier alpha value is -1.59. The lowest BCUT2D eigenvalue weighted by atomic mass is 9.76. The number of likely N-dealkylation sites (tertiary alicyclic amines) is 1. The van der Waals surface area contributed by atoms with Crippen LogP contribution in [0.5, 0.6) is 5.75 Å². The van der Waals surface area contributed by atoms with Crippen molar-refractivity contribution in [2.45, 2.75) is 44.8 Å². The molecule has 1 heterocycles. The molecule has 5 nitrogen and oxygen atoms in total. The van der Waals surface area contributed by atoms with Gasteiger partial charge in [-0.1, -0.05) is 18.6 Å². The summed E-state index contributed by atoms with van der Waals surface area (Å²) >= 11 is 0. The Morgan fingerprint density at radius 1 is 1.20 bits per heavy atom. The first kappa shape index (κ1) is 18.2. The molecule has 25 heavy (non-hydrogen) atoms. The molecule has 2 fully saturated rings. The Balaban J connectivity index is 1.56. The van der Waals surface area contributed by atoms with Gasteiger partial charge in [-0.05, 0) is 49.9 Å². The van der Waals surface area contributed by atoms with Crippen molar-refractivity contribution in [3.8, 4) is 5.75 Å². The third-order valence-electron chi connectivity index (χ3n) is 5.71. The molecule has 1 saturated heterocycles. The molecule has 1 aliphatic carbocycles. The van der Waals surface area contributed by atoms with E-state index >= 15 is 0 Å². The minimum atomic E-state index is -0.369. The maximum absolute atomic E-state index is 11.1. The van der Waals surface area contributed by atoms with Gasteiger partial charge in [0.25, 0.3) is 0 Å². The second-order valence-electron chi connectivity index (χ2n) is 7.30. The van der Waals surface area contributed by atoms with Crippen molar-refractivity contribution in [1.82, 2.24) is 4.90 Å². The van der Waals surface area contributed by atoms with E-state index in [4.69, 9.17) is 9.47 Å². The Bertz CT molecular complexity index is 574. The summed E-state index contributed by atoms with van der Waals surface area (Å²) in [6.45, 7) is 3.18. The van der Waals surface area contributed by atoms with Gasteiger partial charge in [-0.3, -0.25) is 4.90 Å². The highest BCUT2D eigenvalue weighted by molar-refractivity contribution is 5.70. The highest BCUT2D eigenvalue weighted by Crippen LogP contribution is 2.46. The Labute approximate surface area is 150 Å². The molecule has 0 bridgehead atoms. The standard InChI is InChI=1S/C20H29NO4/c1-23-18-5-3-10-20(18)11-4-12-21(15-20)13-16-6-8-17(9-7-16)25-14-19(22)24-2/h6-9,18H,3-5,10-15H2,1-2H3/t18-,20-/m1/s1. The third-order valence-corrected chi connectivity index (χ3v) is 5.71. The predicted octanol–water partition coefficient (Wildman–Crippen LogP) is 3.02. The van der Waals surface area contributed by atoms with Gasteiger partial charge in [0.2, 0.25) is 0 Å². The quantitative estimate of drug-likeness (QED) is 0.740. The Morgan fingerprint density at radius 2 is 1.96 bits per heavy atom. The molecule has 0 radical (unpaired) electrons. The molecule has 1 saturated carbocycles. The van der Waals surface area contributed by atoms with Crippen LogP contribution in [0.3, 0.4) is 0 Å². The van der Waals surface area contributed by atoms with Crippen LogP contribution in [-0.4, -0.2) is 50.9 Å². The molecular formula is C20H29NO4. The van der Waals surface area contributed by atoms with Crippen LogP contribution in [0.2, 0.25) is 0 Å². The smallest absolute Gasteiger partial charge is 0.343 e. The molecule has 5 heteroatoms. The van der Waals surface area contributed by atoms with Crippen molar-refractivity contribution in [2.24, 2.45) is 5.41 Å². The van der Waals surface area contributed by atoms with Crippen molar-refractivity contribution in [1.29, 1.82) is 0 Å². The first-order chi connectivity index (χ1) is 12.1. The van der Waals surface area contributed by atoms with E-state index in [0.717, 1.165) is 19.6 Å². The summed E-state index contributed by atoms with van der Waals surface area (Å²) in [6.07, 6.45) is 6.75. The first-order valence-electron chi connectivity index (χ1n) is 9.19. The number of esters is 1. The van der Waals surface area contributed by atoms with E-state index in [0.29, 0.717) is 17.3 Å². The molecule has 1 spiro atoms. The summed E-state index contributed by atoms with van der Waals surface area (Å²) in [5.74, 6) is 0.325. The van der Waals surface area contributed by atoms with Gasteiger partial charge in [-0.25, -0.2) is 4.79 Å². The SMILES string of the molecule is COC(=O)COc1ccc(CN2CCC[C@]3(CCC[C@H]3OC)C2)cc1. The molecule has 2 aliphatic rings. The lowest BCUT2D eigenvalue weighted by molar-refractivity contribution is -0.142. The van der Waals surface area contributed by atoms with E-state index < -0.39 is 0 Å². The minimum absolute atomic E-state index is 0.0527. The van der Waals surface area contributed by atoms with E-state index in [1.54, 1.807) is 0 Å². The number of piperidine rings is 1. The zero-order valence-corrected chi connectivity index (χ0v) is 15.3. The third kappa shape index (κ3) is 4.33. The summed E-state index contributed by atoms with van der Waals surface area (Å²) < 4.78 is 15.8. The lowest BCUT2D eigenvalue weighted by Gasteiger charge is -2.43. The molecule has 1 aromatic rings. The van der Waals surface area contributed by atoms with Gasteiger partial charge in [0.05, 0.1) is 13.2 Å². The van der Waals surface area contributed by atoms with Gasteiger partial charge < -0.3 is 14.2 Å². The lowest BCUT2D eigenvalue weighted by Crippen LogP contribution is -2.47. The van der Waals surface area contributed by atoms with Crippen molar-refractivity contribution >= 4 is 5.97 Å². The number of hydrogen-bond donors (Lipinski definition) is 0. The molecule has 0 amide bonds. The fourth-order valence-corrected chi connectivity index (χ4v) is 4.49. The largest absolute Gasteiger partial charge is 0.482 e. The number of carbonyl (C=O) groups is 1. The topological polar surface area (TPSA) is 48.0 Å². The maximum Gasteiger partial charge on any atom is 0.343 e. The molecule has 2 atom stereocenters. The van der Waals surface area contributed by atoms with Gasteiger partial charge in [0, 0.05) is 25.6 Å². The maximum atomic E-state index is 11.1. The molecular weight excluding hydrogens is 318 g/mol. The van der Waals surface area contributed by atoms with Crippen LogP contribution in [0, 0.1) is 5.41 Å². The van der Waals surface area contributed by atoms with Crippen molar-refractivity contribution in [3.63, 3.8) is 0 Å². The molecule has 1 aromatic carbocycles. The Morgan fingerprint density at radius 3 is 2.68 bits per heavy atom. The van der Waals surface area contributed by atoms with Gasteiger partial charge in [-0.2, -0.15) is 0 Å². The monoisotopic (exact) mass is 347 g/mol. The molecule has 1 aliphatic heterocycles. The van der Waals surface area contributed by atoms with Crippen molar-refractivity contribution in [3.05, 3.63) is 29.8 Å². The number of carbonyl (C=O) groups excluding carboxylic acids is 1. The van der Waals surface area contributed by atoms with Crippen LogP contribution in [0.4, 0.5) is 0 Å². The van der Waals surface area contributed by atoms with Gasteiger partial charge in [-0.15, -0.1) is 0 Å². The summed E-state index contributed by atoms with van der Waals surface area (Å²) in [4.78, 5) is 13.7. The summed E-state index contributed by atoms with van der Waals surface area (Å²) in [6, 6.07) is 8.00. The predicted molar refractivity (Wildman–Crippen MR) is 95.5 cm³/mol. The van der Waals surface area contributed by atoms with Crippen LogP contribution in [0.15, 0.2) is 24.3 Å². The fourth-order valence-electron chi connectivity index (χ4n) is 4.49. The number of nitrogens with zero attached hydrogens (tertiary/aromatic N) is 1. The van der Waals surface area contributed by atoms with Crippen LogP contribution in [0.25, 0.3) is 0 Å². The number of hydrogen-bond acceptors (Lipinski definition) is 5. The normalized spacial score (nSPS) is 26.7. The van der Waals surface area contributed by atoms with Crippen LogP contribution in [0.1, 0.15) is 37.7 Å². The Kier molecular flexibility index (Phi) is 5.97. The van der Waals surface area contributed by atoms with Crippen LogP contribution >= 0.6 is 0 Å². The van der Waals surface area contributed by atoms with E-state index in [1.165, 1.54) is 44.8 Å². The molecule has 138 valence electrons. The van der Waals surface area contributed by atoms with E-state index in [2.05, 4.69) is 21.8 Å². The highest BCUT2D eigenvalue weighted by Gasteiger charge is 2.45. The average Bonchev–Trinajstić information content (AvgIpc) is 3.02. The van der Waals surface area contributed by atoms with Crippen molar-refractivity contribution < 1.29 is 19.0 Å². The number of methoxy groups -OCH3 is 2. The van der Waals surface area contributed by atoms with E-state index in [1.807, 2.05) is 19.2 Å². The second-order valence-corrected chi connectivity index (χ2v) is 7.30.